The molecule has 0 amide bonds. The molecule has 1 heteroatoms. The molecule has 0 aliphatic heterocycles. The molecule has 8 heavy (non-hydrogen) atoms. The van der Waals surface area contributed by atoms with Gasteiger partial charge in [-0.3, -0.25) is 0 Å². The summed E-state index contributed by atoms with van der Waals surface area (Å²) in [4.78, 5) is 0. The molecule has 0 aliphatic rings. The van der Waals surface area contributed by atoms with E-state index in [0.717, 1.165) is 0 Å². The molecule has 1 aromatic carbocycles. The summed E-state index contributed by atoms with van der Waals surface area (Å²) in [7, 11) is 0. The minimum Gasteiger partial charge on any atom is -0.508 e. The first kappa shape index (κ1) is 5.16. The van der Waals surface area contributed by atoms with Crippen LogP contribution in [0.1, 0.15) is 5.56 Å². The quantitative estimate of drug-likeness (QED) is 0.503. The lowest BCUT2D eigenvalue weighted by Crippen LogP contribution is -1.66. The summed E-state index contributed by atoms with van der Waals surface area (Å²) in [5, 5.41) is 8.76. The molecule has 0 saturated carbocycles. The predicted molar refractivity (Wildman–Crippen MR) is 32.8 cm³/mol. The molecule has 0 atom stereocenters. The van der Waals surface area contributed by atoms with E-state index >= 15 is 0 Å². The topological polar surface area (TPSA) is 20.2 Å². The molecular weight excluding hydrogens is 101 g/mol. The SMILES string of the molecule is [13CH3]c1ccc(O)cc1. The molecule has 0 fully saturated rings. The summed E-state index contributed by atoms with van der Waals surface area (Å²) in [5.74, 6) is 0.329. The Hall–Kier alpha value is -0.980. The van der Waals surface area contributed by atoms with Crippen molar-refractivity contribution in [3.05, 3.63) is 29.8 Å². The molecule has 0 unspecified atom stereocenters. The van der Waals surface area contributed by atoms with Gasteiger partial charge >= 0.3 is 0 Å². The lowest BCUT2D eigenvalue weighted by molar-refractivity contribution is 0.475. The van der Waals surface area contributed by atoms with Crippen LogP contribution in [0.25, 0.3) is 0 Å². The third-order valence-corrected chi connectivity index (χ3v) is 1.03. The third kappa shape index (κ3) is 0.997. The third-order valence-electron chi connectivity index (χ3n) is 1.03. The van der Waals surface area contributed by atoms with E-state index in [0.29, 0.717) is 5.75 Å². The van der Waals surface area contributed by atoms with Crippen LogP contribution in [0.4, 0.5) is 0 Å². The first-order chi connectivity index (χ1) is 3.79. The second-order valence-corrected chi connectivity index (χ2v) is 1.84. The highest BCUT2D eigenvalue weighted by Crippen LogP contribution is 2.07. The normalized spacial score (nSPS) is 9.12. The molecule has 0 heterocycles. The Morgan fingerprint density at radius 2 is 1.62 bits per heavy atom. The van der Waals surface area contributed by atoms with E-state index < -0.39 is 0 Å². The largest absolute Gasteiger partial charge is 0.508 e. The van der Waals surface area contributed by atoms with Gasteiger partial charge in [0, 0.05) is 0 Å². The number of hydrogen-bond acceptors (Lipinski definition) is 1. The van der Waals surface area contributed by atoms with E-state index in [1.54, 1.807) is 12.1 Å². The van der Waals surface area contributed by atoms with E-state index in [2.05, 4.69) is 0 Å². The van der Waals surface area contributed by atoms with E-state index in [1.165, 1.54) is 5.56 Å². The van der Waals surface area contributed by atoms with Gasteiger partial charge in [-0.05, 0) is 19.1 Å². The lowest BCUT2D eigenvalue weighted by Gasteiger charge is -1.89. The van der Waals surface area contributed by atoms with Gasteiger partial charge in [0.15, 0.2) is 0 Å². The maximum absolute atomic E-state index is 8.76. The van der Waals surface area contributed by atoms with Crippen molar-refractivity contribution >= 4 is 0 Å². The molecule has 1 nitrogen and oxygen atoms in total. The first-order valence-electron chi connectivity index (χ1n) is 2.54. The molecule has 1 aromatic rings. The van der Waals surface area contributed by atoms with Crippen molar-refractivity contribution in [1.82, 2.24) is 0 Å². The monoisotopic (exact) mass is 109 g/mol. The zero-order valence-corrected chi connectivity index (χ0v) is 4.76. The molecule has 1 rings (SSSR count). The number of hydrogen-bond donors (Lipinski definition) is 1. The average Bonchev–Trinajstić information content (AvgIpc) is 1.77. The number of aryl methyl sites for hydroxylation is 1. The molecule has 0 spiro atoms. The van der Waals surface area contributed by atoms with Crippen molar-refractivity contribution < 1.29 is 5.11 Å². The Balaban J connectivity index is 3.03. The van der Waals surface area contributed by atoms with E-state index in [1.807, 2.05) is 19.1 Å². The van der Waals surface area contributed by atoms with E-state index in [-0.39, 0.29) is 0 Å². The highest BCUT2D eigenvalue weighted by molar-refractivity contribution is 5.24. The summed E-state index contributed by atoms with van der Waals surface area (Å²) >= 11 is 0. The lowest BCUT2D eigenvalue weighted by atomic mass is 10.3. The number of benzene rings is 1. The number of aromatic hydroxyl groups is 1. The van der Waals surface area contributed by atoms with Crippen LogP contribution in [0.5, 0.6) is 5.75 Å². The molecule has 0 aromatic heterocycles. The van der Waals surface area contributed by atoms with Crippen LogP contribution in [0.15, 0.2) is 24.3 Å². The molecule has 0 saturated heterocycles. The van der Waals surface area contributed by atoms with Gasteiger partial charge in [-0.1, -0.05) is 17.7 Å². The van der Waals surface area contributed by atoms with Crippen molar-refractivity contribution in [2.75, 3.05) is 0 Å². The highest BCUT2D eigenvalue weighted by Gasteiger charge is 1.82. The van der Waals surface area contributed by atoms with E-state index in [9.17, 15) is 0 Å². The summed E-state index contributed by atoms with van der Waals surface area (Å²) < 4.78 is 0. The van der Waals surface area contributed by atoms with Crippen LogP contribution in [-0.2, 0) is 0 Å². The second-order valence-electron chi connectivity index (χ2n) is 1.84. The van der Waals surface area contributed by atoms with Crippen LogP contribution in [-0.4, -0.2) is 5.11 Å². The summed E-state index contributed by atoms with van der Waals surface area (Å²) in [6.45, 7) is 1.99. The summed E-state index contributed by atoms with van der Waals surface area (Å²) in [5.41, 5.74) is 1.17. The number of rotatable bonds is 0. The van der Waals surface area contributed by atoms with Gasteiger partial charge in [-0.25, -0.2) is 0 Å². The van der Waals surface area contributed by atoms with Crippen LogP contribution >= 0.6 is 0 Å². The van der Waals surface area contributed by atoms with Crippen LogP contribution in [0.2, 0.25) is 0 Å². The molecule has 0 bridgehead atoms. The van der Waals surface area contributed by atoms with Crippen LogP contribution in [0, 0.1) is 6.92 Å². The van der Waals surface area contributed by atoms with Crippen molar-refractivity contribution in [1.29, 1.82) is 0 Å². The maximum atomic E-state index is 8.76. The Morgan fingerprint density at radius 1 is 1.12 bits per heavy atom. The Kier molecular flexibility index (Phi) is 1.20. The Morgan fingerprint density at radius 3 is 2.00 bits per heavy atom. The van der Waals surface area contributed by atoms with Gasteiger partial charge in [0.25, 0.3) is 0 Å². The first-order valence-corrected chi connectivity index (χ1v) is 2.54. The number of phenolic OH excluding ortho intramolecular Hbond substituents is 1. The molecule has 42 valence electrons. The summed E-state index contributed by atoms with van der Waals surface area (Å²) in [6.07, 6.45) is 0. The Labute approximate surface area is 48.6 Å². The zero-order chi connectivity index (χ0) is 5.98. The predicted octanol–water partition coefficient (Wildman–Crippen LogP) is 1.70. The molecule has 0 radical (unpaired) electrons. The zero-order valence-electron chi connectivity index (χ0n) is 4.76. The molecule has 1 N–H and O–H groups in total. The van der Waals surface area contributed by atoms with Gasteiger partial charge in [-0.2, -0.15) is 0 Å². The van der Waals surface area contributed by atoms with Crippen molar-refractivity contribution in [2.45, 2.75) is 6.92 Å². The van der Waals surface area contributed by atoms with Gasteiger partial charge < -0.3 is 5.11 Å². The maximum Gasteiger partial charge on any atom is 0.115 e. The minimum atomic E-state index is 0.329. The van der Waals surface area contributed by atoms with Crippen molar-refractivity contribution in [3.8, 4) is 5.75 Å². The van der Waals surface area contributed by atoms with Crippen molar-refractivity contribution in [2.24, 2.45) is 0 Å². The average molecular weight is 109 g/mol. The highest BCUT2D eigenvalue weighted by atomic mass is 16.3. The van der Waals surface area contributed by atoms with Crippen LogP contribution in [0.3, 0.4) is 0 Å². The summed E-state index contributed by atoms with van der Waals surface area (Å²) in [6, 6.07) is 7.09. The minimum absolute atomic E-state index is 0.329. The fourth-order valence-electron chi connectivity index (χ4n) is 0.545. The standard InChI is InChI=1S/C7H8O/c1-6-2-4-7(8)5-3-6/h2-5,8H,1H3/i1+1. The Bertz CT molecular complexity index is 143. The van der Waals surface area contributed by atoms with Gasteiger partial charge in [0.2, 0.25) is 0 Å². The fraction of sp³-hybridized carbons (Fsp3) is 0.143. The second kappa shape index (κ2) is 1.86. The fourth-order valence-corrected chi connectivity index (χ4v) is 0.545. The van der Waals surface area contributed by atoms with E-state index in [4.69, 9.17) is 5.11 Å². The smallest absolute Gasteiger partial charge is 0.115 e. The number of phenols is 1. The van der Waals surface area contributed by atoms with Gasteiger partial charge in [0.1, 0.15) is 5.75 Å². The van der Waals surface area contributed by atoms with Gasteiger partial charge in [-0.15, -0.1) is 0 Å². The van der Waals surface area contributed by atoms with Crippen LogP contribution < -0.4 is 0 Å². The molecule has 0 aliphatic carbocycles. The van der Waals surface area contributed by atoms with Gasteiger partial charge in [0.05, 0.1) is 0 Å². The van der Waals surface area contributed by atoms with Crippen molar-refractivity contribution in [3.63, 3.8) is 0 Å². The molecular formula is C7H8O.